The molecule has 2 N–H and O–H groups in total. The molecule has 0 saturated carbocycles. The van der Waals surface area contributed by atoms with Crippen molar-refractivity contribution in [2.45, 2.75) is 45.1 Å². The Morgan fingerprint density at radius 3 is 2.81 bits per heavy atom. The SMILES string of the molecule is CCN1CCCC1CN(C)CCCCCN. The Balaban J connectivity index is 2.10. The Hall–Kier alpha value is -0.120. The van der Waals surface area contributed by atoms with Crippen molar-refractivity contribution in [3.05, 3.63) is 0 Å². The van der Waals surface area contributed by atoms with E-state index in [1.54, 1.807) is 0 Å². The second kappa shape index (κ2) is 8.04. The van der Waals surface area contributed by atoms with Crippen LogP contribution in [-0.4, -0.2) is 55.6 Å². The number of unbranched alkanes of at least 4 members (excludes halogenated alkanes) is 2. The molecule has 1 rings (SSSR count). The summed E-state index contributed by atoms with van der Waals surface area (Å²) >= 11 is 0. The minimum Gasteiger partial charge on any atom is -0.330 e. The van der Waals surface area contributed by atoms with E-state index in [1.807, 2.05) is 0 Å². The highest BCUT2D eigenvalue weighted by Crippen LogP contribution is 2.17. The van der Waals surface area contributed by atoms with Gasteiger partial charge >= 0.3 is 0 Å². The van der Waals surface area contributed by atoms with Gasteiger partial charge in [0, 0.05) is 12.6 Å². The van der Waals surface area contributed by atoms with Gasteiger partial charge in [0.1, 0.15) is 0 Å². The third-order valence-electron chi connectivity index (χ3n) is 3.67. The summed E-state index contributed by atoms with van der Waals surface area (Å²) in [4.78, 5) is 5.12. The van der Waals surface area contributed by atoms with Gasteiger partial charge in [-0.3, -0.25) is 4.90 Å². The van der Waals surface area contributed by atoms with Crippen LogP contribution >= 0.6 is 0 Å². The van der Waals surface area contributed by atoms with Crippen molar-refractivity contribution in [3.8, 4) is 0 Å². The lowest BCUT2D eigenvalue weighted by Crippen LogP contribution is -2.39. The lowest BCUT2D eigenvalue weighted by atomic mass is 10.2. The third-order valence-corrected chi connectivity index (χ3v) is 3.67. The number of nitrogens with two attached hydrogens (primary N) is 1. The summed E-state index contributed by atoms with van der Waals surface area (Å²) in [5.74, 6) is 0. The molecule has 1 fully saturated rings. The van der Waals surface area contributed by atoms with Gasteiger partial charge in [-0.25, -0.2) is 0 Å². The summed E-state index contributed by atoms with van der Waals surface area (Å²) in [5, 5.41) is 0. The molecule has 0 spiro atoms. The maximum absolute atomic E-state index is 5.49. The normalized spacial score (nSPS) is 22.1. The van der Waals surface area contributed by atoms with Gasteiger partial charge in [0.2, 0.25) is 0 Å². The van der Waals surface area contributed by atoms with Crippen LogP contribution in [0.25, 0.3) is 0 Å². The fraction of sp³-hybridized carbons (Fsp3) is 1.00. The third kappa shape index (κ3) is 4.81. The average Bonchev–Trinajstić information content (AvgIpc) is 2.71. The first-order chi connectivity index (χ1) is 7.77. The molecular weight excluding hydrogens is 198 g/mol. The van der Waals surface area contributed by atoms with E-state index >= 15 is 0 Å². The summed E-state index contributed by atoms with van der Waals surface area (Å²) in [5.41, 5.74) is 5.49. The molecule has 1 aliphatic rings. The highest BCUT2D eigenvalue weighted by atomic mass is 15.2. The van der Waals surface area contributed by atoms with Gasteiger partial charge in [0.05, 0.1) is 0 Å². The van der Waals surface area contributed by atoms with Crippen LogP contribution in [0.15, 0.2) is 0 Å². The van der Waals surface area contributed by atoms with Crippen LogP contribution in [-0.2, 0) is 0 Å². The zero-order valence-corrected chi connectivity index (χ0v) is 11.1. The first-order valence-electron chi connectivity index (χ1n) is 6.90. The van der Waals surface area contributed by atoms with Crippen molar-refractivity contribution in [2.75, 3.05) is 39.8 Å². The fourth-order valence-electron chi connectivity index (χ4n) is 2.67. The van der Waals surface area contributed by atoms with Crippen LogP contribution < -0.4 is 5.73 Å². The molecule has 0 bridgehead atoms. The molecule has 0 amide bonds. The van der Waals surface area contributed by atoms with Crippen LogP contribution in [0.2, 0.25) is 0 Å². The quantitative estimate of drug-likeness (QED) is 0.638. The largest absolute Gasteiger partial charge is 0.330 e. The van der Waals surface area contributed by atoms with Gasteiger partial charge in [0.25, 0.3) is 0 Å². The molecule has 1 atom stereocenters. The monoisotopic (exact) mass is 227 g/mol. The highest BCUT2D eigenvalue weighted by Gasteiger charge is 2.23. The van der Waals surface area contributed by atoms with E-state index in [4.69, 9.17) is 5.73 Å². The maximum atomic E-state index is 5.49. The topological polar surface area (TPSA) is 32.5 Å². The van der Waals surface area contributed by atoms with Crippen LogP contribution in [0.5, 0.6) is 0 Å². The van der Waals surface area contributed by atoms with Gasteiger partial charge in [-0.15, -0.1) is 0 Å². The zero-order valence-electron chi connectivity index (χ0n) is 11.1. The Morgan fingerprint density at radius 1 is 1.31 bits per heavy atom. The number of nitrogens with zero attached hydrogens (tertiary/aromatic N) is 2. The van der Waals surface area contributed by atoms with Crippen molar-refractivity contribution in [1.29, 1.82) is 0 Å². The van der Waals surface area contributed by atoms with E-state index < -0.39 is 0 Å². The molecule has 0 radical (unpaired) electrons. The number of hydrogen-bond donors (Lipinski definition) is 1. The molecule has 0 aromatic carbocycles. The van der Waals surface area contributed by atoms with E-state index in [2.05, 4.69) is 23.8 Å². The molecule has 3 heteroatoms. The summed E-state index contributed by atoms with van der Waals surface area (Å²) in [6.07, 6.45) is 6.54. The number of rotatable bonds is 8. The summed E-state index contributed by atoms with van der Waals surface area (Å²) in [6, 6.07) is 0.810. The van der Waals surface area contributed by atoms with E-state index in [0.717, 1.165) is 12.6 Å². The van der Waals surface area contributed by atoms with Crippen molar-refractivity contribution in [2.24, 2.45) is 5.73 Å². The predicted octanol–water partition coefficient (Wildman–Crippen LogP) is 1.53. The molecule has 0 aliphatic carbocycles. The van der Waals surface area contributed by atoms with Crippen molar-refractivity contribution in [1.82, 2.24) is 9.80 Å². The van der Waals surface area contributed by atoms with E-state index in [0.29, 0.717) is 0 Å². The first-order valence-corrected chi connectivity index (χ1v) is 6.90. The highest BCUT2D eigenvalue weighted by molar-refractivity contribution is 4.80. The predicted molar refractivity (Wildman–Crippen MR) is 70.7 cm³/mol. The van der Waals surface area contributed by atoms with E-state index in [1.165, 1.54) is 58.3 Å². The smallest absolute Gasteiger partial charge is 0.0223 e. The number of likely N-dealkylation sites (tertiary alicyclic amines) is 1. The second-order valence-corrected chi connectivity index (χ2v) is 5.04. The molecule has 3 nitrogen and oxygen atoms in total. The molecule has 1 unspecified atom stereocenters. The van der Waals surface area contributed by atoms with Crippen molar-refractivity contribution < 1.29 is 0 Å². The zero-order chi connectivity index (χ0) is 11.8. The van der Waals surface area contributed by atoms with E-state index in [9.17, 15) is 0 Å². The standard InChI is InChI=1S/C13H29N3/c1-3-16-11-7-8-13(16)12-15(2)10-6-4-5-9-14/h13H,3-12,14H2,1-2H3. The Labute approximate surface area is 101 Å². The van der Waals surface area contributed by atoms with Gasteiger partial charge < -0.3 is 10.6 Å². The molecular formula is C13H29N3. The Bertz CT molecular complexity index is 173. The minimum absolute atomic E-state index is 0.810. The average molecular weight is 227 g/mol. The lowest BCUT2D eigenvalue weighted by Gasteiger charge is -2.27. The van der Waals surface area contributed by atoms with Gasteiger partial charge in [0.15, 0.2) is 0 Å². The van der Waals surface area contributed by atoms with Gasteiger partial charge in [-0.05, 0) is 58.9 Å². The van der Waals surface area contributed by atoms with Gasteiger partial charge in [-0.2, -0.15) is 0 Å². The van der Waals surface area contributed by atoms with Crippen molar-refractivity contribution in [3.63, 3.8) is 0 Å². The first kappa shape index (κ1) is 13.9. The Morgan fingerprint density at radius 2 is 2.12 bits per heavy atom. The molecule has 96 valence electrons. The summed E-state index contributed by atoms with van der Waals surface area (Å²) in [6.45, 7) is 8.12. The molecule has 0 aromatic heterocycles. The molecule has 1 heterocycles. The Kier molecular flexibility index (Phi) is 7.01. The molecule has 1 saturated heterocycles. The van der Waals surface area contributed by atoms with Crippen molar-refractivity contribution >= 4 is 0 Å². The molecule has 16 heavy (non-hydrogen) atoms. The number of likely N-dealkylation sites (N-methyl/N-ethyl adjacent to an activating group) is 2. The second-order valence-electron chi connectivity index (χ2n) is 5.04. The van der Waals surface area contributed by atoms with Crippen LogP contribution in [0, 0.1) is 0 Å². The lowest BCUT2D eigenvalue weighted by molar-refractivity contribution is 0.197. The van der Waals surface area contributed by atoms with Crippen LogP contribution in [0.4, 0.5) is 0 Å². The van der Waals surface area contributed by atoms with Crippen LogP contribution in [0.1, 0.15) is 39.0 Å². The fourth-order valence-corrected chi connectivity index (χ4v) is 2.67. The number of hydrogen-bond acceptors (Lipinski definition) is 3. The van der Waals surface area contributed by atoms with Gasteiger partial charge in [-0.1, -0.05) is 13.3 Å². The summed E-state index contributed by atoms with van der Waals surface area (Å²) < 4.78 is 0. The maximum Gasteiger partial charge on any atom is 0.0223 e. The van der Waals surface area contributed by atoms with E-state index in [-0.39, 0.29) is 0 Å². The molecule has 0 aromatic rings. The van der Waals surface area contributed by atoms with Crippen LogP contribution in [0.3, 0.4) is 0 Å². The summed E-state index contributed by atoms with van der Waals surface area (Å²) in [7, 11) is 2.26. The minimum atomic E-state index is 0.810. The molecule has 1 aliphatic heterocycles.